The molecule has 3 aromatic rings. The molecular formula is C24H29N5O3. The average molecular weight is 436 g/mol. The number of hydrogen-bond donors (Lipinski definition) is 1. The van der Waals surface area contributed by atoms with Crippen molar-refractivity contribution in [1.82, 2.24) is 25.5 Å². The number of methoxy groups -OCH3 is 2. The van der Waals surface area contributed by atoms with Crippen LogP contribution in [0.3, 0.4) is 0 Å². The predicted molar refractivity (Wildman–Crippen MR) is 121 cm³/mol. The fourth-order valence-electron chi connectivity index (χ4n) is 4.30. The van der Waals surface area contributed by atoms with Crippen LogP contribution >= 0.6 is 0 Å². The molecule has 168 valence electrons. The number of carbonyl (C=O) groups excluding carboxylic acids is 1. The maximum atomic E-state index is 13.0. The van der Waals surface area contributed by atoms with E-state index in [2.05, 4.69) is 26.8 Å². The van der Waals surface area contributed by atoms with E-state index in [1.54, 1.807) is 14.2 Å². The van der Waals surface area contributed by atoms with Crippen molar-refractivity contribution in [3.05, 3.63) is 53.6 Å². The number of aromatic nitrogens is 4. The number of tetrazole rings is 1. The van der Waals surface area contributed by atoms with Gasteiger partial charge in [0.2, 0.25) is 5.82 Å². The van der Waals surface area contributed by atoms with E-state index in [-0.39, 0.29) is 17.9 Å². The summed E-state index contributed by atoms with van der Waals surface area (Å²) in [5.74, 6) is 2.14. The Morgan fingerprint density at radius 2 is 1.81 bits per heavy atom. The number of hydrogen-bond acceptors (Lipinski definition) is 6. The summed E-state index contributed by atoms with van der Waals surface area (Å²) in [6, 6.07) is 13.4. The highest BCUT2D eigenvalue weighted by atomic mass is 16.5. The Morgan fingerprint density at radius 3 is 2.50 bits per heavy atom. The molecule has 1 aromatic heterocycles. The van der Waals surface area contributed by atoms with Gasteiger partial charge in [0, 0.05) is 23.1 Å². The van der Waals surface area contributed by atoms with E-state index in [4.69, 9.17) is 9.47 Å². The summed E-state index contributed by atoms with van der Waals surface area (Å²) in [7, 11) is 3.28. The van der Waals surface area contributed by atoms with Crippen LogP contribution in [0.5, 0.6) is 11.5 Å². The van der Waals surface area contributed by atoms with Gasteiger partial charge < -0.3 is 14.8 Å². The van der Waals surface area contributed by atoms with Gasteiger partial charge in [-0.1, -0.05) is 31.0 Å². The first-order chi connectivity index (χ1) is 15.6. The topological polar surface area (TPSA) is 91.2 Å². The van der Waals surface area contributed by atoms with Crippen molar-refractivity contribution in [2.45, 2.75) is 51.1 Å². The molecular weight excluding hydrogens is 406 g/mol. The van der Waals surface area contributed by atoms with Crippen LogP contribution in [0.2, 0.25) is 0 Å². The second kappa shape index (κ2) is 9.80. The molecule has 0 unspecified atom stereocenters. The number of aryl methyl sites for hydroxylation is 1. The molecule has 0 saturated heterocycles. The Bertz CT molecular complexity index is 1060. The maximum Gasteiger partial charge on any atom is 0.251 e. The number of carbonyl (C=O) groups is 1. The van der Waals surface area contributed by atoms with Gasteiger partial charge in [0.05, 0.1) is 20.8 Å². The van der Waals surface area contributed by atoms with Crippen molar-refractivity contribution in [3.8, 4) is 22.9 Å². The first-order valence-corrected chi connectivity index (χ1v) is 11.0. The van der Waals surface area contributed by atoms with Gasteiger partial charge in [-0.2, -0.15) is 4.80 Å². The molecule has 1 N–H and O–H groups in total. The normalized spacial score (nSPS) is 18.2. The Kier molecular flexibility index (Phi) is 6.68. The monoisotopic (exact) mass is 435 g/mol. The highest BCUT2D eigenvalue weighted by molar-refractivity contribution is 5.94. The summed E-state index contributed by atoms with van der Waals surface area (Å²) in [6.45, 7) is 2.62. The largest absolute Gasteiger partial charge is 0.493 e. The van der Waals surface area contributed by atoms with Gasteiger partial charge >= 0.3 is 0 Å². The van der Waals surface area contributed by atoms with Gasteiger partial charge in [-0.25, -0.2) is 0 Å². The van der Waals surface area contributed by atoms with Gasteiger partial charge in [-0.3, -0.25) is 4.79 Å². The zero-order chi connectivity index (χ0) is 22.5. The minimum atomic E-state index is -0.0703. The zero-order valence-electron chi connectivity index (χ0n) is 18.7. The maximum absolute atomic E-state index is 13.0. The fourth-order valence-corrected chi connectivity index (χ4v) is 4.30. The molecule has 1 amide bonds. The third kappa shape index (κ3) is 4.59. The van der Waals surface area contributed by atoms with E-state index < -0.39 is 0 Å². The van der Waals surface area contributed by atoms with E-state index in [0.717, 1.165) is 36.8 Å². The lowest BCUT2D eigenvalue weighted by atomic mass is 9.79. The van der Waals surface area contributed by atoms with Crippen molar-refractivity contribution < 1.29 is 14.3 Å². The second-order valence-corrected chi connectivity index (χ2v) is 7.96. The van der Waals surface area contributed by atoms with E-state index in [1.807, 2.05) is 43.3 Å². The first kappa shape index (κ1) is 21.8. The Labute approximate surface area is 187 Å². The lowest BCUT2D eigenvalue weighted by Crippen LogP contribution is -2.41. The summed E-state index contributed by atoms with van der Waals surface area (Å²) in [5.41, 5.74) is 2.61. The highest BCUT2D eigenvalue weighted by Crippen LogP contribution is 2.37. The minimum Gasteiger partial charge on any atom is -0.493 e. The number of nitrogens with one attached hydrogen (secondary N) is 1. The van der Waals surface area contributed by atoms with Crippen LogP contribution in [0, 0.1) is 0 Å². The van der Waals surface area contributed by atoms with Crippen LogP contribution in [-0.4, -0.2) is 46.4 Å². The van der Waals surface area contributed by atoms with E-state index in [1.165, 1.54) is 4.80 Å². The molecule has 32 heavy (non-hydrogen) atoms. The number of benzene rings is 2. The van der Waals surface area contributed by atoms with Crippen LogP contribution in [0.25, 0.3) is 11.4 Å². The van der Waals surface area contributed by atoms with E-state index in [0.29, 0.717) is 29.4 Å². The molecule has 0 spiro atoms. The summed E-state index contributed by atoms with van der Waals surface area (Å²) in [6.07, 6.45) is 4.23. The molecule has 1 saturated carbocycles. The van der Waals surface area contributed by atoms with Gasteiger partial charge in [0.15, 0.2) is 11.5 Å². The van der Waals surface area contributed by atoms with Gasteiger partial charge in [-0.15, -0.1) is 10.2 Å². The quantitative estimate of drug-likeness (QED) is 0.606. The number of nitrogens with zero attached hydrogens (tertiary/aromatic N) is 4. The van der Waals surface area contributed by atoms with Crippen LogP contribution in [0.15, 0.2) is 42.5 Å². The van der Waals surface area contributed by atoms with Crippen molar-refractivity contribution in [1.29, 1.82) is 0 Å². The molecule has 0 aliphatic heterocycles. The summed E-state index contributed by atoms with van der Waals surface area (Å²) >= 11 is 0. The minimum absolute atomic E-state index is 0.0696. The molecule has 0 bridgehead atoms. The van der Waals surface area contributed by atoms with Crippen LogP contribution in [-0.2, 0) is 6.54 Å². The fraction of sp³-hybridized carbons (Fsp3) is 0.417. The third-order valence-electron chi connectivity index (χ3n) is 6.06. The predicted octanol–water partition coefficient (Wildman–Crippen LogP) is 3.83. The molecule has 8 heteroatoms. The van der Waals surface area contributed by atoms with Crippen LogP contribution in [0.4, 0.5) is 0 Å². The molecule has 2 aromatic carbocycles. The van der Waals surface area contributed by atoms with Crippen molar-refractivity contribution in [2.75, 3.05) is 14.2 Å². The van der Waals surface area contributed by atoms with Gasteiger partial charge in [0.1, 0.15) is 0 Å². The Morgan fingerprint density at radius 1 is 1.06 bits per heavy atom. The Hall–Kier alpha value is -3.42. The molecule has 4 rings (SSSR count). The molecule has 1 fully saturated rings. The lowest BCUT2D eigenvalue weighted by Gasteiger charge is -2.33. The molecule has 1 heterocycles. The van der Waals surface area contributed by atoms with E-state index >= 15 is 0 Å². The summed E-state index contributed by atoms with van der Waals surface area (Å²) in [5, 5.41) is 15.6. The third-order valence-corrected chi connectivity index (χ3v) is 6.06. The molecule has 1 aliphatic carbocycles. The average Bonchev–Trinajstić information content (AvgIpc) is 3.33. The smallest absolute Gasteiger partial charge is 0.251 e. The molecule has 2 atom stereocenters. The molecule has 0 radical (unpaired) electrons. The van der Waals surface area contributed by atoms with Crippen LogP contribution in [0.1, 0.15) is 54.4 Å². The molecule has 1 aliphatic rings. The van der Waals surface area contributed by atoms with Gasteiger partial charge in [0.25, 0.3) is 5.91 Å². The van der Waals surface area contributed by atoms with Crippen molar-refractivity contribution >= 4 is 5.91 Å². The Balaban J connectivity index is 1.48. The van der Waals surface area contributed by atoms with Crippen molar-refractivity contribution in [3.63, 3.8) is 0 Å². The highest BCUT2D eigenvalue weighted by Gasteiger charge is 2.29. The SMILES string of the molecule is CCn1nnc(-c2ccc(C(=O)N[C@@H]3CCCC[C@@H]3c3ccc(OC)c(OC)c3)cc2)n1. The first-order valence-electron chi connectivity index (χ1n) is 11.0. The van der Waals surface area contributed by atoms with E-state index in [9.17, 15) is 4.79 Å². The molecule has 8 nitrogen and oxygen atoms in total. The van der Waals surface area contributed by atoms with Crippen LogP contribution < -0.4 is 14.8 Å². The number of amides is 1. The number of ether oxygens (including phenoxy) is 2. The van der Waals surface area contributed by atoms with Crippen molar-refractivity contribution in [2.24, 2.45) is 0 Å². The standard InChI is InChI=1S/C24H29N5O3/c1-4-29-27-23(26-28-29)16-9-11-17(12-10-16)24(30)25-20-8-6-5-7-19(20)18-13-14-21(31-2)22(15-18)32-3/h9-15,19-20H,4-8H2,1-3H3,(H,25,30)/t19-,20-/m1/s1. The summed E-state index contributed by atoms with van der Waals surface area (Å²) in [4.78, 5) is 14.5. The summed E-state index contributed by atoms with van der Waals surface area (Å²) < 4.78 is 10.8. The second-order valence-electron chi connectivity index (χ2n) is 7.96. The lowest BCUT2D eigenvalue weighted by molar-refractivity contribution is 0.0920. The van der Waals surface area contributed by atoms with Gasteiger partial charge in [-0.05, 0) is 54.8 Å². The zero-order valence-corrected chi connectivity index (χ0v) is 18.7. The number of rotatable bonds is 7.